The van der Waals surface area contributed by atoms with Gasteiger partial charge in [0, 0.05) is 18.0 Å². The van der Waals surface area contributed by atoms with Crippen molar-refractivity contribution in [3.05, 3.63) is 29.3 Å². The molecule has 4 nitrogen and oxygen atoms in total. The maximum Gasteiger partial charge on any atom is 0.460 e. The summed E-state index contributed by atoms with van der Waals surface area (Å²) in [6.07, 6.45) is -11.3. The molecule has 1 rings (SSSR count). The lowest BCUT2D eigenvalue weighted by molar-refractivity contribution is -0.498. The van der Waals surface area contributed by atoms with Crippen LogP contribution in [0.4, 0.5) is 212 Å². The number of carbonyl (C=O) groups excluding carboxylic acids is 2. The van der Waals surface area contributed by atoms with E-state index >= 15 is 0 Å². The Balaban J connectivity index is 4.09. The number of hydrogen-bond donors (Lipinski definition) is 1. The van der Waals surface area contributed by atoms with E-state index in [9.17, 15) is 216 Å². The van der Waals surface area contributed by atoms with Gasteiger partial charge < -0.3 is 5.32 Å². The van der Waals surface area contributed by atoms with Gasteiger partial charge >= 0.3 is 136 Å². The van der Waals surface area contributed by atoms with E-state index < -0.39 is 166 Å². The number of hydrogen-bond acceptors (Lipinski definition) is 3. The van der Waals surface area contributed by atoms with Gasteiger partial charge in [0.2, 0.25) is 6.08 Å². The van der Waals surface area contributed by atoms with E-state index in [1.165, 1.54) is 0 Å². The second kappa shape index (κ2) is 20.7. The third kappa shape index (κ3) is 9.69. The smallest absolute Gasteiger partial charge is 0.349 e. The molecule has 1 amide bonds. The summed E-state index contributed by atoms with van der Waals surface area (Å²) < 4.78 is 659. The first-order valence-electron chi connectivity index (χ1n) is 19.6. The van der Waals surface area contributed by atoms with Crippen LogP contribution in [0.5, 0.6) is 0 Å². The molecule has 0 aliphatic heterocycles. The van der Waals surface area contributed by atoms with Crippen LogP contribution in [0.2, 0.25) is 0 Å². The molecule has 0 aliphatic rings. The molecule has 0 fully saturated rings. The lowest BCUT2D eigenvalue weighted by Crippen LogP contribution is -2.81. The van der Waals surface area contributed by atoms with Crippen molar-refractivity contribution < 1.29 is 216 Å². The molecule has 0 bridgehead atoms. The highest BCUT2D eigenvalue weighted by atomic mass is 19.4. The third-order valence-corrected chi connectivity index (χ3v) is 11.3. The predicted octanol–water partition coefficient (Wildman–Crippen LogP) is 17.0. The van der Waals surface area contributed by atoms with E-state index in [-0.39, 0.29) is 12.5 Å². The Hall–Kier alpha value is -5.22. The van der Waals surface area contributed by atoms with Gasteiger partial charge in [-0.1, -0.05) is 6.07 Å². The Bertz CT molecular complexity index is 2710. The van der Waals surface area contributed by atoms with E-state index in [4.69, 9.17) is 0 Å². The molecule has 504 valence electrons. The highest BCUT2D eigenvalue weighted by Gasteiger charge is 3.04. The monoisotopic (exact) mass is 1390 g/mol. The van der Waals surface area contributed by atoms with Crippen LogP contribution >= 0.6 is 0 Å². The van der Waals surface area contributed by atoms with Gasteiger partial charge in [0.25, 0.3) is 5.91 Å². The van der Waals surface area contributed by atoms with Crippen LogP contribution in [0.25, 0.3) is 0 Å². The zero-order valence-electron chi connectivity index (χ0n) is 38.5. The van der Waals surface area contributed by atoms with Crippen LogP contribution in [0.1, 0.15) is 29.3 Å². The Morgan fingerprint density at radius 1 is 0.360 bits per heavy atom. The second-order valence-electron chi connectivity index (χ2n) is 17.0. The lowest BCUT2D eigenvalue weighted by Gasteiger charge is -2.47. The lowest BCUT2D eigenvalue weighted by atomic mass is 9.81. The Labute approximate surface area is 437 Å². The molecule has 86 heavy (non-hydrogen) atoms. The first-order chi connectivity index (χ1) is 36.7. The van der Waals surface area contributed by atoms with E-state index in [0.29, 0.717) is 6.07 Å². The summed E-state index contributed by atoms with van der Waals surface area (Å²) >= 11 is 0. The first kappa shape index (κ1) is 78.8. The average Bonchev–Trinajstić information content (AvgIpc) is 0.812. The number of aryl methyl sites for hydroxylation is 1. The number of nitrogens with one attached hydrogen (secondary N) is 1. The summed E-state index contributed by atoms with van der Waals surface area (Å²) in [5, 5.41) is 1.11. The fourth-order valence-corrected chi connectivity index (χ4v) is 6.00. The molecule has 0 aliphatic carbocycles. The van der Waals surface area contributed by atoms with Gasteiger partial charge in [-0.2, -0.15) is 211 Å². The van der Waals surface area contributed by atoms with Gasteiger partial charge in [-0.3, -0.25) is 4.79 Å². The number of alkyl halides is 47. The van der Waals surface area contributed by atoms with Gasteiger partial charge in [-0.05, 0) is 31.5 Å². The fraction of sp³-hybridized carbons (Fsp3) is 0.771. The predicted molar refractivity (Wildman–Crippen MR) is 175 cm³/mol. The standard InChI is InChI=1S/C35H13F47N2O2/c1-8-3-4-10(83-7-85)5-11(8)12(86)84-9(2)6-13(36,37)14(38,39)15(40,41)16(42,43)17(44,45)18(46,47)19(48,49)20(50,51)21(52,53)22(54,55)23(56,57)24(58,59)25(60,61)26(62,63)27(64,65)28(66,67)29(68,69)30(70,71)31(72,73)32(74,75)33(76,77)34(78,79)35(80,81)82/h3-5,9H,6H2,1-2H3,(H,84,86). The largest absolute Gasteiger partial charge is 0.460 e. The van der Waals surface area contributed by atoms with Crippen LogP contribution in [0.3, 0.4) is 0 Å². The van der Waals surface area contributed by atoms with Crippen LogP contribution < -0.4 is 5.32 Å². The summed E-state index contributed by atoms with van der Waals surface area (Å²) in [5.74, 6) is -226. The number of carbonyl (C=O) groups is 1. The third-order valence-electron chi connectivity index (χ3n) is 11.3. The van der Waals surface area contributed by atoms with E-state index in [1.807, 2.05) is 0 Å². The van der Waals surface area contributed by atoms with Crippen LogP contribution in [0.15, 0.2) is 23.2 Å². The van der Waals surface area contributed by atoms with Crippen LogP contribution in [-0.4, -0.2) is 155 Å². The molecular weight excluding hydrogens is 1370 g/mol. The minimum Gasteiger partial charge on any atom is -0.349 e. The van der Waals surface area contributed by atoms with E-state index in [0.717, 1.165) is 30.5 Å². The molecule has 1 aromatic rings. The Kier molecular flexibility index (Phi) is 18.9. The molecule has 1 atom stereocenters. The molecule has 0 radical (unpaired) electrons. The minimum atomic E-state index is -10.9. The summed E-state index contributed by atoms with van der Waals surface area (Å²) in [6.45, 7) is 0.789. The van der Waals surface area contributed by atoms with Crippen molar-refractivity contribution in [2.75, 3.05) is 0 Å². The molecule has 51 heteroatoms. The van der Waals surface area contributed by atoms with E-state index in [2.05, 4.69) is 4.99 Å². The summed E-state index contributed by atoms with van der Waals surface area (Å²) in [7, 11) is 0. The number of rotatable bonds is 26. The van der Waals surface area contributed by atoms with Gasteiger partial charge in [0.05, 0.1) is 5.69 Å². The molecular formula is C35H13F47N2O2. The van der Waals surface area contributed by atoms with Gasteiger partial charge in [0.15, 0.2) is 0 Å². The van der Waals surface area contributed by atoms with Crippen molar-refractivity contribution >= 4 is 17.7 Å². The summed E-state index contributed by atoms with van der Waals surface area (Å²) in [4.78, 5) is 25.7. The van der Waals surface area contributed by atoms with Crippen LogP contribution in [-0.2, 0) is 4.79 Å². The maximum absolute atomic E-state index is 14.6. The minimum absolute atomic E-state index is 0.0981. The average molecular weight is 1390 g/mol. The first-order valence-corrected chi connectivity index (χ1v) is 19.6. The molecule has 0 saturated carbocycles. The number of amides is 1. The number of halogens is 47. The van der Waals surface area contributed by atoms with Crippen molar-refractivity contribution in [1.29, 1.82) is 0 Å². The molecule has 0 saturated heterocycles. The molecule has 0 aromatic heterocycles. The van der Waals surface area contributed by atoms with Crippen LogP contribution in [0, 0.1) is 6.92 Å². The van der Waals surface area contributed by atoms with E-state index in [1.54, 1.807) is 0 Å². The number of benzene rings is 1. The second-order valence-corrected chi connectivity index (χ2v) is 17.0. The van der Waals surface area contributed by atoms with Crippen molar-refractivity contribution in [3.63, 3.8) is 0 Å². The molecule has 1 N–H and O–H groups in total. The van der Waals surface area contributed by atoms with Crippen molar-refractivity contribution in [1.82, 2.24) is 5.32 Å². The Morgan fingerprint density at radius 2 is 0.558 bits per heavy atom. The van der Waals surface area contributed by atoms with Gasteiger partial charge in [-0.15, -0.1) is 0 Å². The number of aliphatic imine (C=N–C) groups is 1. The number of isocyanates is 1. The molecule has 1 unspecified atom stereocenters. The summed E-state index contributed by atoms with van der Waals surface area (Å²) in [6, 6.07) is -0.936. The zero-order chi connectivity index (χ0) is 70.3. The number of nitrogens with zero attached hydrogens (tertiary/aromatic N) is 1. The van der Waals surface area contributed by atoms with Crippen molar-refractivity contribution in [3.8, 4) is 0 Å². The molecule has 1 aromatic carbocycles. The normalized spacial score (nSPS) is 16.7. The topological polar surface area (TPSA) is 58.5 Å². The SMILES string of the molecule is Cc1ccc(N=C=O)cc1C(=O)NC(C)CC(F)(F)C(F)(F)C(F)(F)C(F)(F)C(F)(F)C(F)(F)C(F)(F)C(F)(F)C(F)(F)C(F)(F)C(F)(F)C(F)(F)C(F)(F)C(F)(F)C(F)(F)C(F)(F)C(F)(F)C(F)(F)C(F)(F)C(F)(F)C(F)(F)C(F)(F)C(F)(F)F. The van der Waals surface area contributed by atoms with Gasteiger partial charge in [0.1, 0.15) is 0 Å². The highest BCUT2D eigenvalue weighted by Crippen LogP contribution is 2.72. The molecule has 0 spiro atoms. The van der Waals surface area contributed by atoms with Crippen molar-refractivity contribution in [2.45, 2.75) is 163 Å². The quantitative estimate of drug-likeness (QED) is 0.0571. The Morgan fingerprint density at radius 3 is 0.756 bits per heavy atom. The summed E-state index contributed by atoms with van der Waals surface area (Å²) in [5.41, 5.74) is -1.88. The maximum atomic E-state index is 14.6. The highest BCUT2D eigenvalue weighted by molar-refractivity contribution is 5.96. The zero-order valence-corrected chi connectivity index (χ0v) is 38.5. The molecule has 0 heterocycles. The fourth-order valence-electron chi connectivity index (χ4n) is 6.00. The van der Waals surface area contributed by atoms with Gasteiger partial charge in [-0.25, -0.2) is 4.79 Å². The van der Waals surface area contributed by atoms with Crippen molar-refractivity contribution in [2.24, 2.45) is 4.99 Å².